The number of carbonyl (C=O) groups is 4. The van der Waals surface area contributed by atoms with Gasteiger partial charge in [-0.25, -0.2) is 9.59 Å². The fourth-order valence-corrected chi connectivity index (χ4v) is 15.8. The third kappa shape index (κ3) is 18.0. The van der Waals surface area contributed by atoms with E-state index in [0.717, 1.165) is 44.7 Å². The number of hydrogen-bond donors (Lipinski definition) is 2. The van der Waals surface area contributed by atoms with Gasteiger partial charge in [0.05, 0.1) is 39.3 Å². The van der Waals surface area contributed by atoms with Crippen LogP contribution in [0.5, 0.6) is 0 Å². The second kappa shape index (κ2) is 24.3. The summed E-state index contributed by atoms with van der Waals surface area (Å²) < 4.78 is 23.0. The summed E-state index contributed by atoms with van der Waals surface area (Å²) in [6, 6.07) is 0. The number of carboxylic acids is 2. The molecule has 18 heteroatoms. The lowest BCUT2D eigenvalue weighted by Crippen LogP contribution is -2.30. The van der Waals surface area contributed by atoms with E-state index in [-0.39, 0.29) is 24.4 Å². The van der Waals surface area contributed by atoms with Gasteiger partial charge in [-0.1, -0.05) is 13.2 Å². The van der Waals surface area contributed by atoms with Crippen LogP contribution in [0.2, 0.25) is 0 Å². The van der Waals surface area contributed by atoms with Crippen LogP contribution in [-0.2, 0) is 38.1 Å². The molecule has 48 heavy (non-hydrogen) atoms. The number of aliphatic carboxylic acids is 2. The number of thioether (sulfide) groups is 8. The maximum atomic E-state index is 12.4. The van der Waals surface area contributed by atoms with Crippen LogP contribution in [0.15, 0.2) is 24.3 Å². The van der Waals surface area contributed by atoms with Crippen molar-refractivity contribution in [3.63, 3.8) is 0 Å². The number of carboxylic acid groups (broad SMARTS) is 2. The maximum Gasteiger partial charge on any atom is 0.334 e. The summed E-state index contributed by atoms with van der Waals surface area (Å²) in [6.07, 6.45) is -1.88. The summed E-state index contributed by atoms with van der Waals surface area (Å²) in [5.74, 6) is 3.33. The van der Waals surface area contributed by atoms with Gasteiger partial charge in [0.15, 0.2) is 0 Å². The molecule has 3 aliphatic heterocycles. The Kier molecular flexibility index (Phi) is 21.6. The van der Waals surface area contributed by atoms with E-state index in [4.69, 9.17) is 29.2 Å². The van der Waals surface area contributed by atoms with Crippen molar-refractivity contribution in [2.24, 2.45) is 0 Å². The molecule has 0 amide bonds. The number of hydrogen-bond acceptors (Lipinski definition) is 16. The van der Waals surface area contributed by atoms with E-state index in [1.165, 1.54) is 0 Å². The smallest absolute Gasteiger partial charge is 0.334 e. The topological polar surface area (TPSA) is 146 Å². The lowest BCUT2D eigenvalue weighted by atomic mass is 10.2. The van der Waals surface area contributed by atoms with Crippen molar-refractivity contribution in [3.8, 4) is 0 Å². The molecule has 0 radical (unpaired) electrons. The van der Waals surface area contributed by atoms with Gasteiger partial charge >= 0.3 is 23.9 Å². The van der Waals surface area contributed by atoms with E-state index in [0.29, 0.717) is 45.7 Å². The zero-order valence-electron chi connectivity index (χ0n) is 26.6. The molecule has 3 rings (SSSR count). The van der Waals surface area contributed by atoms with Gasteiger partial charge in [0.2, 0.25) is 0 Å². The Balaban J connectivity index is 1.37. The molecular weight excluding hydrogens is 777 g/mol. The molecule has 272 valence electrons. The van der Waals surface area contributed by atoms with E-state index in [2.05, 4.69) is 13.2 Å². The minimum atomic E-state index is -1.12. The average molecular weight is 821 g/mol. The maximum absolute atomic E-state index is 12.4. The number of esters is 2. The van der Waals surface area contributed by atoms with E-state index >= 15 is 0 Å². The first-order chi connectivity index (χ1) is 23.1. The predicted molar refractivity (Wildman–Crippen MR) is 209 cm³/mol. The summed E-state index contributed by atoms with van der Waals surface area (Å²) >= 11 is 14.8. The summed E-state index contributed by atoms with van der Waals surface area (Å²) in [5.41, 5.74) is -0.155. The highest BCUT2D eigenvalue weighted by atomic mass is 32.2. The monoisotopic (exact) mass is 820 g/mol. The summed E-state index contributed by atoms with van der Waals surface area (Å²) in [7, 11) is 0. The highest BCUT2D eigenvalue weighted by molar-refractivity contribution is 8.19. The van der Waals surface area contributed by atoms with Crippen LogP contribution in [0.25, 0.3) is 0 Å². The van der Waals surface area contributed by atoms with Gasteiger partial charge in [-0.15, -0.1) is 47.0 Å². The quantitative estimate of drug-likeness (QED) is 0.0971. The first-order valence-corrected chi connectivity index (χ1v) is 24.0. The van der Waals surface area contributed by atoms with Crippen molar-refractivity contribution in [2.45, 2.75) is 46.0 Å². The highest BCUT2D eigenvalue weighted by Crippen LogP contribution is 2.34. The molecular formula is C30H44O10S8. The van der Waals surface area contributed by atoms with Crippen molar-refractivity contribution < 1.29 is 48.3 Å². The van der Waals surface area contributed by atoms with Crippen molar-refractivity contribution in [2.75, 3.05) is 82.6 Å². The molecule has 0 aromatic heterocycles. The number of rotatable bonds is 24. The first kappa shape index (κ1) is 42.5. The number of carbonyl (C=O) groups excluding carboxylic acids is 2. The molecule has 3 heterocycles. The molecule has 6 unspecified atom stereocenters. The van der Waals surface area contributed by atoms with Crippen molar-refractivity contribution >= 4 is 118 Å². The Morgan fingerprint density at radius 1 is 0.646 bits per heavy atom. The van der Waals surface area contributed by atoms with Gasteiger partial charge in [0.25, 0.3) is 0 Å². The van der Waals surface area contributed by atoms with Crippen molar-refractivity contribution in [3.05, 3.63) is 24.3 Å². The standard InChI is InChI=1S/C30H44O10S8/c1-19(3-27(31)32)29(35)39-21(5-37-7-23-11-43-17-47-23)9-41-13-25-15-46-26(16-45-25)14-42-10-22(6-38-8-24-12-44-18-48-24)40-30(36)20(2)4-28(33)34/h21-26H,1-18H2,(H,31,32)(H,33,34). The zero-order valence-corrected chi connectivity index (χ0v) is 33.2. The lowest BCUT2D eigenvalue weighted by molar-refractivity contribution is -0.148. The fraction of sp³-hybridized carbons (Fsp3) is 0.733. The second-order valence-electron chi connectivity index (χ2n) is 11.0. The van der Waals surface area contributed by atoms with E-state index in [1.807, 2.05) is 70.6 Å². The lowest BCUT2D eigenvalue weighted by Gasteiger charge is -2.28. The van der Waals surface area contributed by atoms with Gasteiger partial charge in [-0.2, -0.15) is 47.0 Å². The van der Waals surface area contributed by atoms with Gasteiger partial charge < -0.3 is 29.2 Å². The minimum Gasteiger partial charge on any atom is -0.481 e. The third-order valence-corrected chi connectivity index (χ3v) is 18.5. The van der Waals surface area contributed by atoms with E-state index in [9.17, 15) is 19.2 Å². The Morgan fingerprint density at radius 2 is 1.06 bits per heavy atom. The predicted octanol–water partition coefficient (Wildman–Crippen LogP) is 5.20. The molecule has 0 aliphatic carbocycles. The summed E-state index contributed by atoms with van der Waals surface area (Å²) in [4.78, 5) is 46.9. The Labute approximate surface area is 317 Å². The van der Waals surface area contributed by atoms with Crippen LogP contribution in [0.4, 0.5) is 0 Å². The molecule has 0 spiro atoms. The van der Waals surface area contributed by atoms with Crippen LogP contribution in [0, 0.1) is 0 Å². The Bertz CT molecular complexity index is 980. The third-order valence-electron chi connectivity index (χ3n) is 6.70. The van der Waals surface area contributed by atoms with Gasteiger partial charge in [0.1, 0.15) is 12.2 Å². The normalized spacial score (nSPS) is 23.7. The van der Waals surface area contributed by atoms with Crippen LogP contribution in [0.1, 0.15) is 12.8 Å². The van der Waals surface area contributed by atoms with Crippen molar-refractivity contribution in [1.82, 2.24) is 0 Å². The first-order valence-electron chi connectivity index (χ1n) is 15.2. The molecule has 10 nitrogen and oxygen atoms in total. The Hall–Kier alpha value is 0.0800. The molecule has 2 N–H and O–H groups in total. The summed E-state index contributed by atoms with van der Waals surface area (Å²) in [6.45, 7) is 8.85. The minimum absolute atomic E-state index is 0.0774. The zero-order chi connectivity index (χ0) is 34.7. The molecule has 0 aromatic carbocycles. The molecule has 3 fully saturated rings. The van der Waals surface area contributed by atoms with Gasteiger partial charge in [0, 0.05) is 88.3 Å². The molecule has 0 saturated carbocycles. The fourth-order valence-electron chi connectivity index (χ4n) is 4.25. The molecule has 3 aliphatic rings. The van der Waals surface area contributed by atoms with Crippen molar-refractivity contribution in [1.29, 1.82) is 0 Å². The Morgan fingerprint density at radius 3 is 1.40 bits per heavy atom. The van der Waals surface area contributed by atoms with Crippen LogP contribution >= 0.6 is 94.1 Å². The van der Waals surface area contributed by atoms with E-state index in [1.54, 1.807) is 23.5 Å². The largest absolute Gasteiger partial charge is 0.481 e. The van der Waals surface area contributed by atoms with Crippen LogP contribution < -0.4 is 0 Å². The average Bonchev–Trinajstić information content (AvgIpc) is 3.76. The summed E-state index contributed by atoms with van der Waals surface area (Å²) in [5, 5.41) is 21.9. The molecule has 6 atom stereocenters. The van der Waals surface area contributed by atoms with Crippen LogP contribution in [-0.4, -0.2) is 150 Å². The molecule has 0 bridgehead atoms. The highest BCUT2D eigenvalue weighted by Gasteiger charge is 2.26. The van der Waals surface area contributed by atoms with E-state index < -0.39 is 48.9 Å². The SMILES string of the molecule is C=C(CC(=O)O)C(=O)OC(COCC1CSCS1)CSCC1CSC(CSCC(COCC2CSCS2)OC(=O)C(=C)CC(=O)O)CS1. The molecule has 0 aromatic rings. The van der Waals surface area contributed by atoms with Gasteiger partial charge in [-0.3, -0.25) is 9.59 Å². The molecule has 3 saturated heterocycles. The van der Waals surface area contributed by atoms with Gasteiger partial charge in [-0.05, 0) is 0 Å². The van der Waals surface area contributed by atoms with Crippen LogP contribution in [0.3, 0.4) is 0 Å². The second-order valence-corrected chi connectivity index (χ2v) is 21.2. The number of ether oxygens (including phenoxy) is 4.